The molecule has 4 unspecified atom stereocenters. The molecule has 3 aliphatic carbocycles. The van der Waals surface area contributed by atoms with Crippen LogP contribution in [0.5, 0.6) is 0 Å². The molecule has 0 aromatic heterocycles. The van der Waals surface area contributed by atoms with Gasteiger partial charge in [-0.05, 0) is 55.4 Å². The lowest BCUT2D eigenvalue weighted by molar-refractivity contribution is 0.143. The van der Waals surface area contributed by atoms with Crippen molar-refractivity contribution in [2.24, 2.45) is 23.2 Å². The van der Waals surface area contributed by atoms with E-state index in [0.29, 0.717) is 5.41 Å². The summed E-state index contributed by atoms with van der Waals surface area (Å²) in [5.74, 6) is 3.13. The quantitative estimate of drug-likeness (QED) is 0.780. The van der Waals surface area contributed by atoms with E-state index in [1.165, 1.54) is 57.9 Å². The van der Waals surface area contributed by atoms with E-state index in [9.17, 15) is 0 Å². The van der Waals surface area contributed by atoms with Crippen LogP contribution in [0.25, 0.3) is 0 Å². The Balaban J connectivity index is 1.43. The second-order valence-corrected chi connectivity index (χ2v) is 7.61. The molecule has 3 saturated carbocycles. The van der Waals surface area contributed by atoms with Crippen LogP contribution in [-0.4, -0.2) is 12.6 Å². The molecule has 0 amide bonds. The van der Waals surface area contributed by atoms with Crippen molar-refractivity contribution in [3.8, 4) is 0 Å². The van der Waals surface area contributed by atoms with Crippen molar-refractivity contribution in [3.05, 3.63) is 0 Å². The average Bonchev–Trinajstić information content (AvgIpc) is 2.94. The molecule has 1 N–H and O–H groups in total. The van der Waals surface area contributed by atoms with Crippen molar-refractivity contribution in [2.45, 2.75) is 71.3 Å². The van der Waals surface area contributed by atoms with Gasteiger partial charge in [0.05, 0.1) is 0 Å². The third kappa shape index (κ3) is 2.70. The smallest absolute Gasteiger partial charge is 0.00700 e. The van der Waals surface area contributed by atoms with Gasteiger partial charge in [0, 0.05) is 6.04 Å². The number of hydrogen-bond donors (Lipinski definition) is 1. The molecule has 98 valence electrons. The fraction of sp³-hybridized carbons (Fsp3) is 1.00. The number of fused-ring (bicyclic) bond motifs is 1. The molecule has 0 aromatic carbocycles. The third-order valence-corrected chi connectivity index (χ3v) is 5.91. The molecular weight excluding hydrogens is 206 g/mol. The predicted molar refractivity (Wildman–Crippen MR) is 73.0 cm³/mol. The first-order valence-electron chi connectivity index (χ1n) is 7.88. The lowest BCUT2D eigenvalue weighted by Crippen LogP contribution is -2.39. The summed E-state index contributed by atoms with van der Waals surface area (Å²) in [6.45, 7) is 6.11. The summed E-state index contributed by atoms with van der Waals surface area (Å²) in [5, 5.41) is 3.87. The van der Waals surface area contributed by atoms with E-state index >= 15 is 0 Å². The van der Waals surface area contributed by atoms with Gasteiger partial charge in [-0.3, -0.25) is 0 Å². The van der Waals surface area contributed by atoms with E-state index < -0.39 is 0 Å². The fourth-order valence-electron chi connectivity index (χ4n) is 4.29. The van der Waals surface area contributed by atoms with Gasteiger partial charge in [-0.2, -0.15) is 0 Å². The Morgan fingerprint density at radius 3 is 2.41 bits per heavy atom. The molecule has 3 rings (SSSR count). The van der Waals surface area contributed by atoms with Gasteiger partial charge in [0.1, 0.15) is 0 Å². The highest BCUT2D eigenvalue weighted by Gasteiger charge is 2.45. The standard InChI is InChI=1S/C16H29N/c1-16(2)10-14(16)11-17-15-8-7-12-5-3-4-6-13(12)9-15/h12-15,17H,3-11H2,1-2H3. The largest absolute Gasteiger partial charge is 0.314 e. The molecule has 3 aliphatic rings. The van der Waals surface area contributed by atoms with Crippen molar-refractivity contribution in [1.82, 2.24) is 5.32 Å². The summed E-state index contributed by atoms with van der Waals surface area (Å²) < 4.78 is 0. The molecular formula is C16H29N. The SMILES string of the molecule is CC1(C)CC1CNC1CCC2CCCCC2C1. The summed E-state index contributed by atoms with van der Waals surface area (Å²) in [6, 6.07) is 0.853. The summed E-state index contributed by atoms with van der Waals surface area (Å²) in [5.41, 5.74) is 0.648. The monoisotopic (exact) mass is 235 g/mol. The summed E-state index contributed by atoms with van der Waals surface area (Å²) >= 11 is 0. The molecule has 17 heavy (non-hydrogen) atoms. The van der Waals surface area contributed by atoms with Gasteiger partial charge in [-0.1, -0.05) is 39.5 Å². The zero-order valence-electron chi connectivity index (χ0n) is 11.7. The first-order chi connectivity index (χ1) is 8.15. The van der Waals surface area contributed by atoms with Crippen molar-refractivity contribution < 1.29 is 0 Å². The van der Waals surface area contributed by atoms with Crippen LogP contribution >= 0.6 is 0 Å². The van der Waals surface area contributed by atoms with Crippen molar-refractivity contribution in [1.29, 1.82) is 0 Å². The van der Waals surface area contributed by atoms with Crippen LogP contribution in [0.1, 0.15) is 65.2 Å². The normalized spacial score (nSPS) is 44.1. The number of rotatable bonds is 3. The molecule has 0 aliphatic heterocycles. The Hall–Kier alpha value is -0.0400. The third-order valence-electron chi connectivity index (χ3n) is 5.91. The van der Waals surface area contributed by atoms with Gasteiger partial charge in [0.25, 0.3) is 0 Å². The first kappa shape index (κ1) is 12.0. The average molecular weight is 235 g/mol. The van der Waals surface area contributed by atoms with Crippen LogP contribution in [0.15, 0.2) is 0 Å². The van der Waals surface area contributed by atoms with Crippen LogP contribution in [0, 0.1) is 23.2 Å². The number of hydrogen-bond acceptors (Lipinski definition) is 1. The van der Waals surface area contributed by atoms with Crippen LogP contribution < -0.4 is 5.32 Å². The van der Waals surface area contributed by atoms with Gasteiger partial charge in [-0.25, -0.2) is 0 Å². The van der Waals surface area contributed by atoms with Crippen LogP contribution in [0.2, 0.25) is 0 Å². The molecule has 1 nitrogen and oxygen atoms in total. The lowest BCUT2D eigenvalue weighted by atomic mass is 9.69. The van der Waals surface area contributed by atoms with E-state index in [-0.39, 0.29) is 0 Å². The Kier molecular flexibility index (Phi) is 3.23. The highest BCUT2D eigenvalue weighted by atomic mass is 14.9. The zero-order chi connectivity index (χ0) is 11.9. The fourth-order valence-corrected chi connectivity index (χ4v) is 4.29. The maximum atomic E-state index is 3.87. The lowest BCUT2D eigenvalue weighted by Gasteiger charge is -2.39. The van der Waals surface area contributed by atoms with Crippen molar-refractivity contribution in [2.75, 3.05) is 6.54 Å². The second-order valence-electron chi connectivity index (χ2n) is 7.61. The summed E-state index contributed by atoms with van der Waals surface area (Å²) in [6.07, 6.45) is 12.0. The molecule has 3 fully saturated rings. The van der Waals surface area contributed by atoms with E-state index in [1.807, 2.05) is 0 Å². The van der Waals surface area contributed by atoms with E-state index in [1.54, 1.807) is 0 Å². The topological polar surface area (TPSA) is 12.0 Å². The Labute approximate surface area is 107 Å². The molecule has 0 aromatic rings. The van der Waals surface area contributed by atoms with Crippen LogP contribution in [-0.2, 0) is 0 Å². The summed E-state index contributed by atoms with van der Waals surface area (Å²) in [7, 11) is 0. The van der Waals surface area contributed by atoms with E-state index in [4.69, 9.17) is 0 Å². The molecule has 1 heteroatoms. The Bertz CT molecular complexity index is 271. The Morgan fingerprint density at radius 2 is 1.71 bits per heavy atom. The predicted octanol–water partition coefficient (Wildman–Crippen LogP) is 3.98. The molecule has 0 bridgehead atoms. The molecule has 4 atom stereocenters. The van der Waals surface area contributed by atoms with Crippen molar-refractivity contribution >= 4 is 0 Å². The van der Waals surface area contributed by atoms with Gasteiger partial charge in [-0.15, -0.1) is 0 Å². The maximum absolute atomic E-state index is 3.87. The van der Waals surface area contributed by atoms with Crippen LogP contribution in [0.4, 0.5) is 0 Å². The zero-order valence-corrected chi connectivity index (χ0v) is 11.7. The van der Waals surface area contributed by atoms with Gasteiger partial charge in [0.15, 0.2) is 0 Å². The van der Waals surface area contributed by atoms with Gasteiger partial charge in [0.2, 0.25) is 0 Å². The van der Waals surface area contributed by atoms with E-state index in [2.05, 4.69) is 19.2 Å². The molecule has 0 heterocycles. The highest BCUT2D eigenvalue weighted by molar-refractivity contribution is 4.97. The number of nitrogens with one attached hydrogen (secondary N) is 1. The Morgan fingerprint density at radius 1 is 1.00 bits per heavy atom. The minimum atomic E-state index is 0.648. The first-order valence-corrected chi connectivity index (χ1v) is 7.88. The highest BCUT2D eigenvalue weighted by Crippen LogP contribution is 2.51. The van der Waals surface area contributed by atoms with Gasteiger partial charge >= 0.3 is 0 Å². The molecule has 0 radical (unpaired) electrons. The molecule has 0 spiro atoms. The van der Waals surface area contributed by atoms with Crippen molar-refractivity contribution in [3.63, 3.8) is 0 Å². The summed E-state index contributed by atoms with van der Waals surface area (Å²) in [4.78, 5) is 0. The minimum absolute atomic E-state index is 0.648. The van der Waals surface area contributed by atoms with E-state index in [0.717, 1.165) is 23.8 Å². The second kappa shape index (κ2) is 4.57. The molecule has 0 saturated heterocycles. The maximum Gasteiger partial charge on any atom is 0.00700 e. The minimum Gasteiger partial charge on any atom is -0.314 e. The van der Waals surface area contributed by atoms with Crippen LogP contribution in [0.3, 0.4) is 0 Å². The van der Waals surface area contributed by atoms with Gasteiger partial charge < -0.3 is 5.32 Å².